The molecule has 0 saturated carbocycles. The summed E-state index contributed by atoms with van der Waals surface area (Å²) >= 11 is 0. The molecule has 0 spiro atoms. The van der Waals surface area contributed by atoms with E-state index < -0.39 is 0 Å². The third-order valence-corrected chi connectivity index (χ3v) is 0.683. The average Bonchev–Trinajstić information content (AvgIpc) is 1.91. The van der Waals surface area contributed by atoms with Gasteiger partial charge in [-0.3, -0.25) is 0 Å². The van der Waals surface area contributed by atoms with Crippen LogP contribution in [-0.2, 0) is 58.6 Å². The van der Waals surface area contributed by atoms with Gasteiger partial charge in [-0.1, -0.05) is 0 Å². The maximum atomic E-state index is 9.31. The molecule has 1 amide bonds. The standard InChI is InChI=1S/C5H10.C3H6NO.H2N.W.Y/c1-3-5-4-2;1-4(2)3-5;;;/h1-5H2;1-2H3;1H2;;/q-2;2*-1;+2;. The molecule has 3 nitrogen and oxygen atoms in total. The molecular formula is C8H18N2OWY-2. The SMILES string of the molecule is CN(C)[C-]=O.[CH2-]CCC[CH2-].[NH2-].[W+2].[Y]. The van der Waals surface area contributed by atoms with Gasteiger partial charge in [-0.05, 0) is 14.1 Å². The van der Waals surface area contributed by atoms with Gasteiger partial charge in [0.2, 0.25) is 0 Å². The Hall–Kier alpha value is 1.22. The first kappa shape index (κ1) is 29.2. The molecule has 2 N–H and O–H groups in total. The van der Waals surface area contributed by atoms with Crippen molar-refractivity contribution in [3.63, 3.8) is 0 Å². The minimum absolute atomic E-state index is 0. The Balaban J connectivity index is -0.0000000267. The first-order chi connectivity index (χ1) is 4.68. The number of nitrogens with two attached hydrogens (primary N) is 1. The smallest absolute Gasteiger partial charge is 0.693 e. The van der Waals surface area contributed by atoms with Crippen molar-refractivity contribution in [2.45, 2.75) is 19.3 Å². The Bertz CT molecular complexity index is 73.2. The summed E-state index contributed by atoms with van der Waals surface area (Å²) in [4.78, 5) is 10.6. The molecule has 0 fully saturated rings. The Labute approximate surface area is 122 Å². The topological polar surface area (TPSA) is 53.8 Å². The number of rotatable bonds is 3. The number of unbranched alkanes of at least 4 members (excludes halogenated alkanes) is 2. The van der Waals surface area contributed by atoms with Gasteiger partial charge in [-0.15, -0.1) is 6.42 Å². The summed E-state index contributed by atoms with van der Waals surface area (Å²) in [5, 5.41) is 0. The van der Waals surface area contributed by atoms with E-state index in [1.165, 1.54) is 11.3 Å². The molecular weight excluding hydrogens is 413 g/mol. The summed E-state index contributed by atoms with van der Waals surface area (Å²) in [5.74, 6) is 0. The molecule has 0 unspecified atom stereocenters. The first-order valence-electron chi connectivity index (χ1n) is 3.32. The second kappa shape index (κ2) is 29.2. The van der Waals surface area contributed by atoms with E-state index >= 15 is 0 Å². The predicted octanol–water partition coefficient (Wildman–Crippen LogP) is 2.15. The van der Waals surface area contributed by atoms with E-state index in [-0.39, 0.29) is 59.9 Å². The van der Waals surface area contributed by atoms with Gasteiger partial charge in [0.1, 0.15) is 0 Å². The molecule has 0 atom stereocenters. The Morgan fingerprint density at radius 2 is 1.46 bits per heavy atom. The van der Waals surface area contributed by atoms with Crippen molar-refractivity contribution >= 4 is 6.41 Å². The molecule has 5 heteroatoms. The minimum Gasteiger partial charge on any atom is -0.693 e. The van der Waals surface area contributed by atoms with Crippen LogP contribution in [-0.4, -0.2) is 25.4 Å². The monoisotopic (exact) mass is 431 g/mol. The molecule has 0 bridgehead atoms. The van der Waals surface area contributed by atoms with E-state index in [0.29, 0.717) is 0 Å². The molecule has 0 aliphatic rings. The van der Waals surface area contributed by atoms with Crippen LogP contribution in [0.25, 0.3) is 6.15 Å². The van der Waals surface area contributed by atoms with E-state index in [2.05, 4.69) is 13.8 Å². The summed E-state index contributed by atoms with van der Waals surface area (Å²) < 4.78 is 0. The molecule has 0 aromatic rings. The molecule has 13 heavy (non-hydrogen) atoms. The summed E-state index contributed by atoms with van der Waals surface area (Å²) in [6.07, 6.45) is 4.84. The molecule has 0 heterocycles. The number of amides is 1. The van der Waals surface area contributed by atoms with Crippen molar-refractivity contribution in [2.24, 2.45) is 0 Å². The van der Waals surface area contributed by atoms with Crippen LogP contribution >= 0.6 is 0 Å². The molecule has 0 aromatic carbocycles. The van der Waals surface area contributed by atoms with Crippen molar-refractivity contribution in [3.8, 4) is 0 Å². The zero-order chi connectivity index (χ0) is 8.41. The van der Waals surface area contributed by atoms with Crippen molar-refractivity contribution in [1.29, 1.82) is 0 Å². The Morgan fingerprint density at radius 1 is 1.23 bits per heavy atom. The second-order valence-electron chi connectivity index (χ2n) is 2.05. The number of nitrogens with zero attached hydrogens (tertiary/aromatic N) is 1. The molecule has 1 radical (unpaired) electrons. The zero-order valence-electron chi connectivity index (χ0n) is 8.45. The van der Waals surface area contributed by atoms with Crippen molar-refractivity contribution in [1.82, 2.24) is 4.90 Å². The third-order valence-electron chi connectivity index (χ3n) is 0.683. The maximum Gasteiger partial charge on any atom is 2.00 e. The van der Waals surface area contributed by atoms with Gasteiger partial charge in [-0.25, -0.2) is 0 Å². The fraction of sp³-hybridized carbons (Fsp3) is 0.625. The van der Waals surface area contributed by atoms with Crippen LogP contribution in [0.5, 0.6) is 0 Å². The van der Waals surface area contributed by atoms with E-state index in [1.807, 2.05) is 0 Å². The molecule has 0 rings (SSSR count). The maximum absolute atomic E-state index is 9.31. The van der Waals surface area contributed by atoms with E-state index in [0.717, 1.165) is 12.8 Å². The van der Waals surface area contributed by atoms with Crippen LogP contribution in [0.15, 0.2) is 0 Å². The number of hydrogen-bond acceptors (Lipinski definition) is 1. The van der Waals surface area contributed by atoms with Crippen molar-refractivity contribution in [2.75, 3.05) is 14.1 Å². The molecule has 0 saturated heterocycles. The molecule has 0 aromatic heterocycles. The van der Waals surface area contributed by atoms with E-state index in [1.54, 1.807) is 20.5 Å². The van der Waals surface area contributed by atoms with E-state index in [4.69, 9.17) is 0 Å². The predicted molar refractivity (Wildman–Crippen MR) is 49.2 cm³/mol. The quantitative estimate of drug-likeness (QED) is 0.500. The number of hydrogen-bond donors (Lipinski definition) is 0. The van der Waals surface area contributed by atoms with Gasteiger partial charge in [0.05, 0.1) is 0 Å². The Morgan fingerprint density at radius 3 is 1.46 bits per heavy atom. The van der Waals surface area contributed by atoms with Gasteiger partial charge >= 0.3 is 21.1 Å². The molecule has 77 valence electrons. The van der Waals surface area contributed by atoms with Crippen molar-refractivity contribution in [3.05, 3.63) is 20.0 Å². The van der Waals surface area contributed by atoms with Gasteiger partial charge in [0, 0.05) is 32.7 Å². The Kier molecular flexibility index (Phi) is 65.7. The summed E-state index contributed by atoms with van der Waals surface area (Å²) in [6.45, 7) is 7.27. The number of carbonyl (C=O) groups excluding carboxylic acids is 1. The van der Waals surface area contributed by atoms with Crippen molar-refractivity contribution < 1.29 is 58.6 Å². The minimum atomic E-state index is 0. The molecule has 0 aliphatic heterocycles. The van der Waals surface area contributed by atoms with E-state index in [9.17, 15) is 4.79 Å². The summed E-state index contributed by atoms with van der Waals surface area (Å²) in [7, 11) is 3.26. The molecule has 0 aliphatic carbocycles. The average molecular weight is 431 g/mol. The second-order valence-corrected chi connectivity index (χ2v) is 2.05. The normalized spacial score (nSPS) is 5.85. The fourth-order valence-electron chi connectivity index (χ4n) is 0.177. The third kappa shape index (κ3) is 61.1. The van der Waals surface area contributed by atoms with Crippen LogP contribution in [0.1, 0.15) is 19.3 Å². The van der Waals surface area contributed by atoms with Crippen LogP contribution in [0.2, 0.25) is 0 Å². The zero-order valence-corrected chi connectivity index (χ0v) is 14.2. The van der Waals surface area contributed by atoms with Crippen LogP contribution in [0, 0.1) is 13.8 Å². The largest absolute Gasteiger partial charge is 2.00 e. The first-order valence-corrected chi connectivity index (χ1v) is 3.32. The van der Waals surface area contributed by atoms with Gasteiger partial charge in [0.15, 0.2) is 0 Å². The van der Waals surface area contributed by atoms with Crippen LogP contribution in [0.3, 0.4) is 0 Å². The van der Waals surface area contributed by atoms with Crippen LogP contribution in [0.4, 0.5) is 0 Å². The fourth-order valence-corrected chi connectivity index (χ4v) is 0.177. The van der Waals surface area contributed by atoms with Gasteiger partial charge in [0.25, 0.3) is 0 Å². The van der Waals surface area contributed by atoms with Crippen LogP contribution < -0.4 is 0 Å². The van der Waals surface area contributed by atoms with Gasteiger partial charge in [-0.2, -0.15) is 19.3 Å². The van der Waals surface area contributed by atoms with Gasteiger partial charge < -0.3 is 29.7 Å². The summed E-state index contributed by atoms with van der Waals surface area (Å²) in [6, 6.07) is 0. The summed E-state index contributed by atoms with van der Waals surface area (Å²) in [5.41, 5.74) is 0.